The van der Waals surface area contributed by atoms with Crippen molar-refractivity contribution in [2.24, 2.45) is 4.99 Å². The van der Waals surface area contributed by atoms with E-state index in [4.69, 9.17) is 23.2 Å². The monoisotopic (exact) mass is 567 g/mol. The molecule has 4 nitrogen and oxygen atoms in total. The molecule has 1 N–H and O–H groups in total. The summed E-state index contributed by atoms with van der Waals surface area (Å²) in [7, 11) is 0. The maximum Gasteiger partial charge on any atom is 0.264 e. The molecule has 2 heterocycles. The van der Waals surface area contributed by atoms with Gasteiger partial charge in [-0.3, -0.25) is 4.79 Å². The highest BCUT2D eigenvalue weighted by atomic mass is 127. The molecule has 0 radical (unpaired) electrons. The highest BCUT2D eigenvalue weighted by molar-refractivity contribution is 14.1. The third-order valence-corrected chi connectivity index (χ3v) is 7.02. The van der Waals surface area contributed by atoms with E-state index in [0.717, 1.165) is 22.6 Å². The number of amidine groups is 1. The van der Waals surface area contributed by atoms with Crippen LogP contribution in [0.25, 0.3) is 11.8 Å². The predicted octanol–water partition coefficient (Wildman–Crippen LogP) is 6.90. The fourth-order valence-corrected chi connectivity index (χ4v) is 4.95. The van der Waals surface area contributed by atoms with Crippen molar-refractivity contribution in [1.29, 1.82) is 0 Å². The Kier molecular flexibility index (Phi) is 6.29. The summed E-state index contributed by atoms with van der Waals surface area (Å²) in [5, 5.41) is 4.05. The second-order valence-electron chi connectivity index (χ2n) is 6.70. The number of nitrogens with one attached hydrogen (secondary N) is 1. The van der Waals surface area contributed by atoms with Gasteiger partial charge >= 0.3 is 0 Å². The Morgan fingerprint density at radius 3 is 2.67 bits per heavy atom. The van der Waals surface area contributed by atoms with Gasteiger partial charge in [-0.15, -0.1) is 0 Å². The van der Waals surface area contributed by atoms with Crippen LogP contribution in [-0.4, -0.2) is 15.6 Å². The Balaban J connectivity index is 1.66. The van der Waals surface area contributed by atoms with Gasteiger partial charge in [0.2, 0.25) is 0 Å². The molecule has 1 aromatic heterocycles. The molecule has 0 aliphatic carbocycles. The molecule has 1 saturated heterocycles. The van der Waals surface area contributed by atoms with Crippen molar-refractivity contribution in [2.75, 3.05) is 0 Å². The Hall–Kier alpha value is -1.74. The van der Waals surface area contributed by atoms with Crippen LogP contribution >= 0.6 is 57.6 Å². The zero-order valence-corrected chi connectivity index (χ0v) is 20.5. The molecule has 8 heteroatoms. The fourth-order valence-electron chi connectivity index (χ4n) is 3.26. The average Bonchev–Trinajstić information content (AvgIpc) is 3.17. The number of nitrogens with zero attached hydrogens (tertiary/aromatic N) is 2. The first-order valence-electron chi connectivity index (χ1n) is 9.02. The van der Waals surface area contributed by atoms with Crippen LogP contribution in [0.2, 0.25) is 10.0 Å². The number of aryl methyl sites for hydroxylation is 1. The lowest BCUT2D eigenvalue weighted by molar-refractivity contribution is -0.115. The number of benzene rings is 2. The maximum absolute atomic E-state index is 12.5. The Labute approximate surface area is 202 Å². The van der Waals surface area contributed by atoms with Crippen molar-refractivity contribution in [3.05, 3.63) is 84.0 Å². The summed E-state index contributed by atoms with van der Waals surface area (Å²) in [6.45, 7) is 4.11. The van der Waals surface area contributed by atoms with E-state index in [9.17, 15) is 4.79 Å². The number of aromatic nitrogens is 1. The van der Waals surface area contributed by atoms with Crippen LogP contribution < -0.4 is 5.32 Å². The van der Waals surface area contributed by atoms with Gasteiger partial charge in [-0.1, -0.05) is 35.3 Å². The second-order valence-corrected chi connectivity index (χ2v) is 9.76. The highest BCUT2D eigenvalue weighted by Crippen LogP contribution is 2.35. The van der Waals surface area contributed by atoms with E-state index >= 15 is 0 Å². The molecule has 1 aliphatic heterocycles. The van der Waals surface area contributed by atoms with Crippen molar-refractivity contribution in [1.82, 2.24) is 9.88 Å². The van der Waals surface area contributed by atoms with Crippen LogP contribution in [0.5, 0.6) is 0 Å². The summed E-state index contributed by atoms with van der Waals surface area (Å²) in [6.07, 6.45) is 1.90. The molecular weight excluding hydrogens is 552 g/mol. The molecule has 0 saturated carbocycles. The van der Waals surface area contributed by atoms with Crippen LogP contribution in [-0.2, 0) is 4.79 Å². The zero-order valence-electron chi connectivity index (χ0n) is 16.0. The number of amides is 1. The molecule has 30 heavy (non-hydrogen) atoms. The van der Waals surface area contributed by atoms with Gasteiger partial charge in [0.05, 0.1) is 20.6 Å². The number of aliphatic imine (C=N–C) groups is 1. The fraction of sp³-hybridized carbons (Fsp3) is 0.0909. The molecule has 0 atom stereocenters. The smallest absolute Gasteiger partial charge is 0.264 e. The number of hydrogen-bond acceptors (Lipinski definition) is 3. The third kappa shape index (κ3) is 4.32. The lowest BCUT2D eigenvalue weighted by Crippen LogP contribution is -2.19. The largest absolute Gasteiger partial charge is 0.318 e. The van der Waals surface area contributed by atoms with Gasteiger partial charge < -0.3 is 9.88 Å². The quantitative estimate of drug-likeness (QED) is 0.276. The molecule has 0 bridgehead atoms. The van der Waals surface area contributed by atoms with Crippen LogP contribution in [0.1, 0.15) is 17.0 Å². The molecule has 0 spiro atoms. The van der Waals surface area contributed by atoms with Gasteiger partial charge in [0, 0.05) is 20.6 Å². The molecule has 0 unspecified atom stereocenters. The van der Waals surface area contributed by atoms with Gasteiger partial charge in [-0.2, -0.15) is 0 Å². The number of thioether (sulfide) groups is 1. The number of hydrogen-bond donors (Lipinski definition) is 1. The van der Waals surface area contributed by atoms with E-state index in [1.165, 1.54) is 15.3 Å². The standard InChI is InChI=1S/C22H16Cl2IN3OS/c1-12-9-14(13(2)28(12)16-6-3-5-15(25)11-16)10-19-21(29)27-22(30-19)26-18-8-4-7-17(23)20(18)24/h3-11H,1-2H3,(H,26,27,29)/b19-10-. The van der Waals surface area contributed by atoms with E-state index in [1.807, 2.05) is 12.1 Å². The average molecular weight is 568 g/mol. The number of rotatable bonds is 3. The minimum atomic E-state index is -0.184. The number of carbonyl (C=O) groups excluding carboxylic acids is 1. The van der Waals surface area contributed by atoms with E-state index in [2.05, 4.69) is 75.6 Å². The molecular formula is C22H16Cl2IN3OS. The minimum absolute atomic E-state index is 0.184. The summed E-state index contributed by atoms with van der Waals surface area (Å²) in [5.41, 5.74) is 4.78. The number of halogens is 3. The van der Waals surface area contributed by atoms with Crippen LogP contribution in [0.15, 0.2) is 58.4 Å². The Morgan fingerprint density at radius 2 is 1.90 bits per heavy atom. The summed E-state index contributed by atoms with van der Waals surface area (Å²) < 4.78 is 3.36. The van der Waals surface area contributed by atoms with Gasteiger partial charge in [0.25, 0.3) is 5.91 Å². The van der Waals surface area contributed by atoms with Gasteiger partial charge in [0.15, 0.2) is 5.17 Å². The summed E-state index contributed by atoms with van der Waals surface area (Å²) in [5.74, 6) is -0.184. The lowest BCUT2D eigenvalue weighted by atomic mass is 10.2. The predicted molar refractivity (Wildman–Crippen MR) is 135 cm³/mol. The van der Waals surface area contributed by atoms with E-state index in [-0.39, 0.29) is 5.91 Å². The van der Waals surface area contributed by atoms with Crippen LogP contribution in [0.4, 0.5) is 5.69 Å². The molecule has 4 rings (SSSR count). The molecule has 2 aromatic carbocycles. The lowest BCUT2D eigenvalue weighted by Gasteiger charge is -2.10. The summed E-state index contributed by atoms with van der Waals surface area (Å²) in [6, 6.07) is 15.6. The van der Waals surface area contributed by atoms with E-state index in [0.29, 0.717) is 25.8 Å². The first-order chi connectivity index (χ1) is 14.3. The summed E-state index contributed by atoms with van der Waals surface area (Å²) >= 11 is 15.8. The molecule has 1 amide bonds. The Bertz CT molecular complexity index is 1230. The first kappa shape index (κ1) is 21.5. The van der Waals surface area contributed by atoms with Gasteiger partial charge in [-0.05, 0) is 96.2 Å². The Morgan fingerprint density at radius 1 is 1.13 bits per heavy atom. The maximum atomic E-state index is 12.5. The van der Waals surface area contributed by atoms with Crippen LogP contribution in [0, 0.1) is 17.4 Å². The number of carbonyl (C=O) groups is 1. The first-order valence-corrected chi connectivity index (χ1v) is 11.7. The summed E-state index contributed by atoms with van der Waals surface area (Å²) in [4.78, 5) is 17.5. The van der Waals surface area contributed by atoms with Gasteiger partial charge in [0.1, 0.15) is 0 Å². The van der Waals surface area contributed by atoms with Crippen molar-refractivity contribution in [2.45, 2.75) is 13.8 Å². The minimum Gasteiger partial charge on any atom is -0.318 e. The molecule has 3 aromatic rings. The third-order valence-electron chi connectivity index (χ3n) is 4.63. The highest BCUT2D eigenvalue weighted by Gasteiger charge is 2.25. The normalized spacial score (nSPS) is 16.5. The molecule has 1 fully saturated rings. The zero-order chi connectivity index (χ0) is 21.4. The van der Waals surface area contributed by atoms with E-state index < -0.39 is 0 Å². The molecule has 152 valence electrons. The van der Waals surface area contributed by atoms with E-state index in [1.54, 1.807) is 18.2 Å². The molecule has 1 aliphatic rings. The van der Waals surface area contributed by atoms with Crippen molar-refractivity contribution < 1.29 is 4.79 Å². The van der Waals surface area contributed by atoms with Crippen molar-refractivity contribution in [3.8, 4) is 5.69 Å². The SMILES string of the molecule is Cc1cc(/C=C2\SC(=Nc3cccc(Cl)c3Cl)NC2=O)c(C)n1-c1cccc(I)c1. The topological polar surface area (TPSA) is 46.4 Å². The van der Waals surface area contributed by atoms with Crippen molar-refractivity contribution in [3.63, 3.8) is 0 Å². The second kappa shape index (κ2) is 8.78. The van der Waals surface area contributed by atoms with Gasteiger partial charge in [-0.25, -0.2) is 4.99 Å². The van der Waals surface area contributed by atoms with Crippen LogP contribution in [0.3, 0.4) is 0 Å². The van der Waals surface area contributed by atoms with Crippen molar-refractivity contribution >= 4 is 80.4 Å².